The molecule has 4 nitrogen and oxygen atoms in total. The van der Waals surface area contributed by atoms with E-state index < -0.39 is 5.97 Å². The molecule has 0 radical (unpaired) electrons. The molecule has 1 N–H and O–H groups in total. The van der Waals surface area contributed by atoms with Crippen molar-refractivity contribution in [3.05, 3.63) is 22.6 Å². The van der Waals surface area contributed by atoms with Gasteiger partial charge in [0, 0.05) is 0 Å². The molecule has 0 spiro atoms. The molecule has 0 amide bonds. The summed E-state index contributed by atoms with van der Waals surface area (Å²) in [6.07, 6.45) is 1.66. The van der Waals surface area contributed by atoms with Gasteiger partial charge in [-0.1, -0.05) is 0 Å². The van der Waals surface area contributed by atoms with Gasteiger partial charge >= 0.3 is 5.97 Å². The van der Waals surface area contributed by atoms with Crippen LogP contribution in [0, 0.1) is 0 Å². The van der Waals surface area contributed by atoms with Crippen LogP contribution < -0.4 is 0 Å². The lowest BCUT2D eigenvalue weighted by Crippen LogP contribution is -2.37. The largest absolute Gasteiger partial charge is 0.480 e. The van der Waals surface area contributed by atoms with Gasteiger partial charge in [0.1, 0.15) is 11.8 Å². The lowest BCUT2D eigenvalue weighted by molar-refractivity contribution is -0.143. The van der Waals surface area contributed by atoms with Gasteiger partial charge in [0.15, 0.2) is 4.67 Å². The first-order chi connectivity index (χ1) is 7.59. The van der Waals surface area contributed by atoms with Gasteiger partial charge in [0.25, 0.3) is 0 Å². The molecule has 1 aromatic rings. The van der Waals surface area contributed by atoms with Gasteiger partial charge in [-0.3, -0.25) is 9.69 Å². The minimum atomic E-state index is -0.741. The van der Waals surface area contributed by atoms with Crippen molar-refractivity contribution in [3.8, 4) is 0 Å². The van der Waals surface area contributed by atoms with Crippen molar-refractivity contribution < 1.29 is 14.3 Å². The van der Waals surface area contributed by atoms with Crippen LogP contribution in [0.1, 0.15) is 31.6 Å². The topological polar surface area (TPSA) is 53.7 Å². The SMILES string of the molecule is CC(c1ccc(Br)o1)N1CCCC1C(=O)O. The van der Waals surface area contributed by atoms with Crippen molar-refractivity contribution in [2.24, 2.45) is 0 Å². The highest BCUT2D eigenvalue weighted by Crippen LogP contribution is 2.31. The summed E-state index contributed by atoms with van der Waals surface area (Å²) in [6.45, 7) is 2.79. The normalized spacial score (nSPS) is 23.5. The van der Waals surface area contributed by atoms with Crippen LogP contribution in [0.4, 0.5) is 0 Å². The molecular weight excluding hydrogens is 274 g/mol. The predicted octanol–water partition coefficient (Wildman–Crippen LogP) is 2.65. The zero-order valence-electron chi connectivity index (χ0n) is 9.02. The highest BCUT2D eigenvalue weighted by atomic mass is 79.9. The molecule has 1 aliphatic heterocycles. The summed E-state index contributed by atoms with van der Waals surface area (Å²) in [6, 6.07) is 3.35. The van der Waals surface area contributed by atoms with Gasteiger partial charge in [-0.25, -0.2) is 0 Å². The molecule has 16 heavy (non-hydrogen) atoms. The monoisotopic (exact) mass is 287 g/mol. The summed E-state index contributed by atoms with van der Waals surface area (Å²) in [5.41, 5.74) is 0. The fraction of sp³-hybridized carbons (Fsp3) is 0.545. The Morgan fingerprint density at radius 3 is 3.00 bits per heavy atom. The quantitative estimate of drug-likeness (QED) is 0.929. The molecule has 2 heterocycles. The molecular formula is C11H14BrNO3. The van der Waals surface area contributed by atoms with Gasteiger partial charge < -0.3 is 9.52 Å². The van der Waals surface area contributed by atoms with Crippen LogP contribution in [-0.2, 0) is 4.79 Å². The molecule has 1 aliphatic rings. The third-order valence-electron chi connectivity index (χ3n) is 3.08. The third-order valence-corrected chi connectivity index (χ3v) is 3.51. The standard InChI is InChI=1S/C11H14BrNO3/c1-7(9-4-5-10(12)16-9)13-6-2-3-8(13)11(14)15/h4-5,7-8H,2-3,6H2,1H3,(H,14,15). The Hall–Kier alpha value is -0.810. The van der Waals surface area contributed by atoms with Gasteiger partial charge in [-0.05, 0) is 54.4 Å². The van der Waals surface area contributed by atoms with E-state index in [1.54, 1.807) is 0 Å². The lowest BCUT2D eigenvalue weighted by atomic mass is 10.1. The Balaban J connectivity index is 2.15. The van der Waals surface area contributed by atoms with E-state index in [0.29, 0.717) is 4.67 Å². The number of nitrogens with zero attached hydrogens (tertiary/aromatic N) is 1. The second-order valence-electron chi connectivity index (χ2n) is 4.05. The molecule has 0 bridgehead atoms. The minimum absolute atomic E-state index is 0.00917. The molecule has 2 atom stereocenters. The Labute approximate surface area is 102 Å². The number of furan rings is 1. The third kappa shape index (κ3) is 2.15. The zero-order chi connectivity index (χ0) is 11.7. The van der Waals surface area contributed by atoms with Crippen molar-refractivity contribution >= 4 is 21.9 Å². The lowest BCUT2D eigenvalue weighted by Gasteiger charge is -2.26. The summed E-state index contributed by atoms with van der Waals surface area (Å²) >= 11 is 3.25. The summed E-state index contributed by atoms with van der Waals surface area (Å²) in [5.74, 6) is 0.0648. The molecule has 88 valence electrons. The van der Waals surface area contributed by atoms with Crippen LogP contribution in [0.5, 0.6) is 0 Å². The van der Waals surface area contributed by atoms with Crippen molar-refractivity contribution in [2.75, 3.05) is 6.54 Å². The van der Waals surface area contributed by atoms with Gasteiger partial charge in [0.05, 0.1) is 6.04 Å². The summed E-state index contributed by atoms with van der Waals surface area (Å²) in [5, 5.41) is 9.10. The molecule has 2 unspecified atom stereocenters. The first-order valence-electron chi connectivity index (χ1n) is 5.33. The van der Waals surface area contributed by atoms with E-state index in [9.17, 15) is 4.79 Å². The molecule has 5 heteroatoms. The maximum atomic E-state index is 11.1. The number of carboxylic acids is 1. The van der Waals surface area contributed by atoms with Crippen molar-refractivity contribution in [3.63, 3.8) is 0 Å². The van der Waals surface area contributed by atoms with Crippen LogP contribution in [0.15, 0.2) is 21.2 Å². The molecule has 0 saturated carbocycles. The Kier molecular flexibility index (Phi) is 3.35. The van der Waals surface area contributed by atoms with Crippen LogP contribution >= 0.6 is 15.9 Å². The maximum absolute atomic E-state index is 11.1. The van der Waals surface area contributed by atoms with Crippen molar-refractivity contribution in [1.82, 2.24) is 4.90 Å². The first kappa shape index (κ1) is 11.7. The van der Waals surface area contributed by atoms with Gasteiger partial charge in [-0.15, -0.1) is 0 Å². The second-order valence-corrected chi connectivity index (χ2v) is 4.83. The Morgan fingerprint density at radius 2 is 2.44 bits per heavy atom. The number of halogens is 1. The van der Waals surface area contributed by atoms with E-state index in [2.05, 4.69) is 15.9 Å². The van der Waals surface area contributed by atoms with Crippen LogP contribution in [0.25, 0.3) is 0 Å². The smallest absolute Gasteiger partial charge is 0.320 e. The zero-order valence-corrected chi connectivity index (χ0v) is 10.6. The number of hydrogen-bond donors (Lipinski definition) is 1. The number of aliphatic carboxylic acids is 1. The molecule has 2 rings (SSSR count). The highest BCUT2D eigenvalue weighted by molar-refractivity contribution is 9.10. The molecule has 0 aromatic carbocycles. The number of carbonyl (C=O) groups is 1. The average molecular weight is 288 g/mol. The van der Waals surface area contributed by atoms with Gasteiger partial charge in [-0.2, -0.15) is 0 Å². The number of hydrogen-bond acceptors (Lipinski definition) is 3. The van der Waals surface area contributed by atoms with Gasteiger partial charge in [0.2, 0.25) is 0 Å². The summed E-state index contributed by atoms with van der Waals surface area (Å²) in [4.78, 5) is 13.1. The number of rotatable bonds is 3. The van der Waals surface area contributed by atoms with Crippen LogP contribution in [-0.4, -0.2) is 28.6 Å². The maximum Gasteiger partial charge on any atom is 0.320 e. The van der Waals surface area contributed by atoms with Crippen molar-refractivity contribution in [2.45, 2.75) is 31.8 Å². The fourth-order valence-corrected chi connectivity index (χ4v) is 2.55. The summed E-state index contributed by atoms with van der Waals surface area (Å²) < 4.78 is 6.15. The minimum Gasteiger partial charge on any atom is -0.480 e. The van der Waals surface area contributed by atoms with E-state index in [-0.39, 0.29) is 12.1 Å². The molecule has 1 aromatic heterocycles. The number of carboxylic acid groups (broad SMARTS) is 1. The molecule has 0 aliphatic carbocycles. The van der Waals surface area contributed by atoms with Crippen LogP contribution in [0.3, 0.4) is 0 Å². The highest BCUT2D eigenvalue weighted by Gasteiger charge is 2.35. The average Bonchev–Trinajstić information content (AvgIpc) is 2.84. The van der Waals surface area contributed by atoms with E-state index >= 15 is 0 Å². The fourth-order valence-electron chi connectivity index (χ4n) is 2.23. The molecule has 1 fully saturated rings. The summed E-state index contributed by atoms with van der Waals surface area (Å²) in [7, 11) is 0. The Bertz CT molecular complexity index is 390. The second kappa shape index (κ2) is 4.59. The van der Waals surface area contributed by atoms with E-state index in [4.69, 9.17) is 9.52 Å². The number of likely N-dealkylation sites (tertiary alicyclic amines) is 1. The van der Waals surface area contributed by atoms with E-state index in [0.717, 1.165) is 25.1 Å². The van der Waals surface area contributed by atoms with E-state index in [1.807, 2.05) is 24.0 Å². The first-order valence-corrected chi connectivity index (χ1v) is 6.12. The van der Waals surface area contributed by atoms with Crippen LogP contribution in [0.2, 0.25) is 0 Å². The predicted molar refractivity (Wildman–Crippen MR) is 62.2 cm³/mol. The van der Waals surface area contributed by atoms with E-state index in [1.165, 1.54) is 0 Å². The van der Waals surface area contributed by atoms with Crippen molar-refractivity contribution in [1.29, 1.82) is 0 Å². The Morgan fingerprint density at radius 1 is 1.69 bits per heavy atom. The molecule has 1 saturated heterocycles.